The van der Waals surface area contributed by atoms with Crippen LogP contribution in [0.1, 0.15) is 11.1 Å². The molecule has 0 bridgehead atoms. The van der Waals surface area contributed by atoms with Gasteiger partial charge < -0.3 is 9.84 Å². The van der Waals surface area contributed by atoms with Crippen LogP contribution in [0.25, 0.3) is 0 Å². The Hall–Kier alpha value is -2.04. The molecule has 5 heteroatoms. The molecule has 0 aliphatic carbocycles. The van der Waals surface area contributed by atoms with Gasteiger partial charge in [0.1, 0.15) is 6.04 Å². The fourth-order valence-corrected chi connectivity index (χ4v) is 1.60. The number of amides is 1. The number of methoxy groups -OCH3 is 1. The van der Waals surface area contributed by atoms with Crippen molar-refractivity contribution in [2.24, 2.45) is 0 Å². The first-order chi connectivity index (χ1) is 8.45. The molecule has 1 atom stereocenters. The van der Waals surface area contributed by atoms with E-state index in [1.54, 1.807) is 0 Å². The lowest BCUT2D eigenvalue weighted by Gasteiger charge is -2.23. The maximum absolute atomic E-state index is 11.6. The van der Waals surface area contributed by atoms with Crippen LogP contribution in [0.3, 0.4) is 0 Å². The van der Waals surface area contributed by atoms with Crippen molar-refractivity contribution >= 4 is 12.1 Å². The summed E-state index contributed by atoms with van der Waals surface area (Å²) in [5.74, 6) is -0.555. The van der Waals surface area contributed by atoms with Gasteiger partial charge in [-0.15, -0.1) is 0 Å². The Bertz CT molecular complexity index is 427. The van der Waals surface area contributed by atoms with Crippen molar-refractivity contribution in [1.29, 1.82) is 0 Å². The lowest BCUT2D eigenvalue weighted by atomic mass is 10.0. The first-order valence-corrected chi connectivity index (χ1v) is 5.55. The molecule has 0 heterocycles. The number of hydrogen-bond donors (Lipinski definition) is 1. The number of ether oxygens (including phenoxy) is 1. The van der Waals surface area contributed by atoms with Gasteiger partial charge in [-0.2, -0.15) is 0 Å². The van der Waals surface area contributed by atoms with E-state index in [0.29, 0.717) is 6.42 Å². The number of nitrogens with zero attached hydrogens (tertiary/aromatic N) is 1. The second-order valence-corrected chi connectivity index (χ2v) is 4.12. The molecule has 98 valence electrons. The minimum Gasteiger partial charge on any atom is -0.467 e. The van der Waals surface area contributed by atoms with Gasteiger partial charge in [0.2, 0.25) is 0 Å². The van der Waals surface area contributed by atoms with Gasteiger partial charge in [-0.25, -0.2) is 9.59 Å². The largest absolute Gasteiger partial charge is 0.467 e. The van der Waals surface area contributed by atoms with Gasteiger partial charge in [-0.1, -0.05) is 29.8 Å². The summed E-state index contributed by atoms with van der Waals surface area (Å²) in [7, 11) is 2.61. The van der Waals surface area contributed by atoms with E-state index >= 15 is 0 Å². The molecule has 0 fully saturated rings. The molecule has 0 spiro atoms. The lowest BCUT2D eigenvalue weighted by Crippen LogP contribution is -2.43. The van der Waals surface area contributed by atoms with Crippen molar-refractivity contribution in [2.45, 2.75) is 19.4 Å². The van der Waals surface area contributed by atoms with Gasteiger partial charge in [0.25, 0.3) is 0 Å². The van der Waals surface area contributed by atoms with Crippen LogP contribution in [0, 0.1) is 6.92 Å². The van der Waals surface area contributed by atoms with Crippen molar-refractivity contribution in [1.82, 2.24) is 4.90 Å². The SMILES string of the molecule is COC(=O)[C@H](Cc1ccc(C)cc1)N(C)C(=O)O. The summed E-state index contributed by atoms with van der Waals surface area (Å²) < 4.78 is 4.64. The van der Waals surface area contributed by atoms with Crippen LogP contribution in [0.2, 0.25) is 0 Å². The fraction of sp³-hybridized carbons (Fsp3) is 0.385. The molecule has 0 saturated carbocycles. The zero-order valence-electron chi connectivity index (χ0n) is 10.7. The third-order valence-electron chi connectivity index (χ3n) is 2.79. The molecule has 1 amide bonds. The van der Waals surface area contributed by atoms with Crippen LogP contribution in [0.5, 0.6) is 0 Å². The Balaban J connectivity index is 2.88. The van der Waals surface area contributed by atoms with Crippen molar-refractivity contribution in [3.05, 3.63) is 35.4 Å². The number of carboxylic acid groups (broad SMARTS) is 1. The standard InChI is InChI=1S/C13H17NO4/c1-9-4-6-10(7-5-9)8-11(12(15)18-3)14(2)13(16)17/h4-7,11H,8H2,1-3H3,(H,16,17)/t11-/m0/s1. The zero-order chi connectivity index (χ0) is 13.7. The van der Waals surface area contributed by atoms with Crippen LogP contribution in [0.4, 0.5) is 4.79 Å². The van der Waals surface area contributed by atoms with E-state index in [2.05, 4.69) is 4.74 Å². The van der Waals surface area contributed by atoms with Crippen LogP contribution in [-0.2, 0) is 16.0 Å². The molecule has 0 aliphatic rings. The smallest absolute Gasteiger partial charge is 0.407 e. The van der Waals surface area contributed by atoms with E-state index < -0.39 is 18.1 Å². The van der Waals surface area contributed by atoms with Gasteiger partial charge in [-0.3, -0.25) is 4.90 Å². The highest BCUT2D eigenvalue weighted by atomic mass is 16.5. The van der Waals surface area contributed by atoms with Gasteiger partial charge in [0.05, 0.1) is 7.11 Å². The molecule has 1 aromatic carbocycles. The maximum Gasteiger partial charge on any atom is 0.407 e. The summed E-state index contributed by atoms with van der Waals surface area (Å²) in [5, 5.41) is 8.94. The Kier molecular flexibility index (Phi) is 4.71. The number of esters is 1. The average molecular weight is 251 g/mol. The van der Waals surface area contributed by atoms with Crippen LogP contribution in [-0.4, -0.2) is 42.3 Å². The monoisotopic (exact) mass is 251 g/mol. The van der Waals surface area contributed by atoms with Gasteiger partial charge in [0, 0.05) is 13.5 Å². The van der Waals surface area contributed by atoms with Crippen molar-refractivity contribution in [3.63, 3.8) is 0 Å². The molecule has 0 aliphatic heterocycles. The summed E-state index contributed by atoms with van der Waals surface area (Å²) in [5.41, 5.74) is 2.00. The molecule has 0 saturated heterocycles. The molecular weight excluding hydrogens is 234 g/mol. The number of carbonyl (C=O) groups excluding carboxylic acids is 1. The summed E-state index contributed by atoms with van der Waals surface area (Å²) in [6.45, 7) is 1.96. The average Bonchev–Trinajstić information content (AvgIpc) is 2.36. The van der Waals surface area contributed by atoms with E-state index in [1.165, 1.54) is 14.2 Å². The molecule has 18 heavy (non-hydrogen) atoms. The third-order valence-corrected chi connectivity index (χ3v) is 2.79. The minimum absolute atomic E-state index is 0.301. The van der Waals surface area contributed by atoms with Gasteiger partial charge in [-0.05, 0) is 12.5 Å². The molecule has 5 nitrogen and oxygen atoms in total. The topological polar surface area (TPSA) is 66.8 Å². The highest BCUT2D eigenvalue weighted by Gasteiger charge is 2.27. The minimum atomic E-state index is -1.16. The van der Waals surface area contributed by atoms with E-state index in [9.17, 15) is 9.59 Å². The number of benzene rings is 1. The molecule has 1 rings (SSSR count). The first-order valence-electron chi connectivity index (χ1n) is 5.55. The molecular formula is C13H17NO4. The highest BCUT2D eigenvalue weighted by Crippen LogP contribution is 2.11. The number of aryl methyl sites for hydroxylation is 1. The summed E-state index contributed by atoms with van der Waals surface area (Å²) >= 11 is 0. The zero-order valence-corrected chi connectivity index (χ0v) is 10.7. The van der Waals surface area contributed by atoms with E-state index in [0.717, 1.165) is 16.0 Å². The van der Waals surface area contributed by atoms with E-state index in [-0.39, 0.29) is 0 Å². The number of carbonyl (C=O) groups is 2. The number of likely N-dealkylation sites (N-methyl/N-ethyl adjacent to an activating group) is 1. The summed E-state index contributed by atoms with van der Waals surface area (Å²) in [4.78, 5) is 23.5. The van der Waals surface area contributed by atoms with Crippen molar-refractivity contribution in [3.8, 4) is 0 Å². The van der Waals surface area contributed by atoms with Crippen molar-refractivity contribution < 1.29 is 19.4 Å². The Morgan fingerprint density at radius 1 is 1.33 bits per heavy atom. The predicted octanol–water partition coefficient (Wildman–Crippen LogP) is 1.69. The summed E-state index contributed by atoms with van der Waals surface area (Å²) in [6, 6.07) is 6.77. The number of hydrogen-bond acceptors (Lipinski definition) is 3. The van der Waals surface area contributed by atoms with Crippen LogP contribution < -0.4 is 0 Å². The highest BCUT2D eigenvalue weighted by molar-refractivity contribution is 5.80. The predicted molar refractivity (Wildman–Crippen MR) is 66.5 cm³/mol. The molecule has 0 aromatic heterocycles. The van der Waals surface area contributed by atoms with E-state index in [4.69, 9.17) is 5.11 Å². The molecule has 0 radical (unpaired) electrons. The quantitative estimate of drug-likeness (QED) is 0.827. The Morgan fingerprint density at radius 2 is 1.89 bits per heavy atom. The third kappa shape index (κ3) is 3.48. The van der Waals surface area contributed by atoms with Gasteiger partial charge >= 0.3 is 12.1 Å². The fourth-order valence-electron chi connectivity index (χ4n) is 1.60. The van der Waals surface area contributed by atoms with E-state index in [1.807, 2.05) is 31.2 Å². The first kappa shape index (κ1) is 14.0. The second-order valence-electron chi connectivity index (χ2n) is 4.12. The molecule has 1 N–H and O–H groups in total. The van der Waals surface area contributed by atoms with Gasteiger partial charge in [0.15, 0.2) is 0 Å². The maximum atomic E-state index is 11.6. The summed E-state index contributed by atoms with van der Waals surface area (Å²) in [6.07, 6.45) is -0.854. The normalized spacial score (nSPS) is 11.7. The Morgan fingerprint density at radius 3 is 2.33 bits per heavy atom. The van der Waals surface area contributed by atoms with Crippen LogP contribution >= 0.6 is 0 Å². The molecule has 0 unspecified atom stereocenters. The lowest BCUT2D eigenvalue weighted by molar-refractivity contribution is -0.145. The van der Waals surface area contributed by atoms with Crippen molar-refractivity contribution in [2.75, 3.05) is 14.2 Å². The Labute approximate surface area is 106 Å². The second kappa shape index (κ2) is 6.05. The van der Waals surface area contributed by atoms with Crippen LogP contribution in [0.15, 0.2) is 24.3 Å². The molecule has 1 aromatic rings. The number of rotatable bonds is 4.